The van der Waals surface area contributed by atoms with Crippen LogP contribution in [-0.2, 0) is 85.3 Å². The van der Waals surface area contributed by atoms with Crippen LogP contribution in [-0.4, -0.2) is 262 Å². The fourth-order valence-electron chi connectivity index (χ4n) is 3.72. The number of methoxy groups -OCH3 is 2. The van der Waals surface area contributed by atoms with Gasteiger partial charge in [-0.15, -0.1) is 0 Å². The topological polar surface area (TPSA) is 233 Å². The van der Waals surface area contributed by atoms with Crippen LogP contribution in [0.1, 0.15) is 0 Å². The van der Waals surface area contributed by atoms with Crippen LogP contribution in [0.5, 0.6) is 0 Å². The van der Waals surface area contributed by atoms with Gasteiger partial charge < -0.3 is 101 Å². The summed E-state index contributed by atoms with van der Waals surface area (Å²) < 4.78 is 94.8. The molecule has 21 heteroatoms. The number of rotatable bonds is 52. The highest BCUT2D eigenvalue weighted by atomic mass is 16.6. The van der Waals surface area contributed by atoms with Crippen LogP contribution in [0.2, 0.25) is 0 Å². The summed E-state index contributed by atoms with van der Waals surface area (Å²) in [6.45, 7) is 16.7. The van der Waals surface area contributed by atoms with Gasteiger partial charge in [-0.05, 0) is 0 Å². The second-order valence-electron chi connectivity index (χ2n) is 11.5. The molecule has 4 N–H and O–H groups in total. The monoisotopic (exact) mass is 872 g/mol. The number of hydrogen-bond acceptors (Lipinski definition) is 21. The van der Waals surface area contributed by atoms with Crippen molar-refractivity contribution in [3.8, 4) is 0 Å². The summed E-state index contributed by atoms with van der Waals surface area (Å²) in [5.74, 6) is 0. The molecule has 0 aliphatic carbocycles. The lowest BCUT2D eigenvalue weighted by molar-refractivity contribution is -0.0304. The van der Waals surface area contributed by atoms with Crippen molar-refractivity contribution in [2.24, 2.45) is 5.73 Å². The minimum atomic E-state index is -0.396. The molecule has 59 heavy (non-hydrogen) atoms. The third-order valence-corrected chi connectivity index (χ3v) is 6.70. The van der Waals surface area contributed by atoms with E-state index >= 15 is 0 Å². The second-order valence-corrected chi connectivity index (χ2v) is 11.5. The van der Waals surface area contributed by atoms with E-state index in [4.69, 9.17) is 101 Å². The van der Waals surface area contributed by atoms with Crippen molar-refractivity contribution < 1.29 is 95.5 Å². The Morgan fingerprint density at radius 2 is 0.441 bits per heavy atom. The van der Waals surface area contributed by atoms with Crippen LogP contribution in [0.3, 0.4) is 0 Å². The Bertz CT molecular complexity index is 686. The summed E-state index contributed by atoms with van der Waals surface area (Å²) >= 11 is 0. The zero-order valence-electron chi connectivity index (χ0n) is 36.1. The first-order valence-corrected chi connectivity index (χ1v) is 20.5. The van der Waals surface area contributed by atoms with Gasteiger partial charge in [0.1, 0.15) is 6.23 Å². The molecule has 1 atom stereocenters. The van der Waals surface area contributed by atoms with E-state index in [0.29, 0.717) is 218 Å². The third kappa shape index (κ3) is 61.5. The molecule has 0 heterocycles. The van der Waals surface area contributed by atoms with Gasteiger partial charge in [-0.25, -0.2) is 0 Å². The average Bonchev–Trinajstić information content (AvgIpc) is 3.25. The molecule has 0 aliphatic heterocycles. The number of aliphatic hydroxyl groups is 2. The largest absolute Gasteiger partial charge is 0.394 e. The zero-order valence-corrected chi connectivity index (χ0v) is 36.1. The molecule has 0 aromatic carbocycles. The summed E-state index contributed by atoms with van der Waals surface area (Å²) in [5, 5.41) is 17.1. The Morgan fingerprint density at radius 1 is 0.271 bits per heavy atom. The highest BCUT2D eigenvalue weighted by Crippen LogP contribution is 1.89. The van der Waals surface area contributed by atoms with Gasteiger partial charge in [0.05, 0.1) is 231 Å². The van der Waals surface area contributed by atoms with Crippen molar-refractivity contribution >= 4 is 0 Å². The number of hydrogen-bond donors (Lipinski definition) is 3. The number of aliphatic hydroxyl groups excluding tert-OH is 2. The molecule has 0 aliphatic rings. The van der Waals surface area contributed by atoms with Gasteiger partial charge in [-0.2, -0.15) is 0 Å². The Hall–Kier alpha value is -0.840. The van der Waals surface area contributed by atoms with Crippen molar-refractivity contribution in [2.75, 3.05) is 245 Å². The van der Waals surface area contributed by atoms with Gasteiger partial charge in [0.15, 0.2) is 0 Å². The Kier molecular flexibility index (Phi) is 60.5. The fraction of sp³-hybridized carbons (Fsp3) is 1.00. The first-order chi connectivity index (χ1) is 29.2. The quantitative estimate of drug-likeness (QED) is 0.0481. The maximum atomic E-state index is 8.53. The van der Waals surface area contributed by atoms with E-state index in [2.05, 4.69) is 0 Å². The second kappa shape index (κ2) is 59.3. The fourth-order valence-corrected chi connectivity index (χ4v) is 3.72. The number of nitrogens with two attached hydrogens (primary N) is 1. The number of ether oxygens (including phenoxy) is 18. The molecule has 1 unspecified atom stereocenters. The molecular weight excluding hydrogens is 790 g/mol. The summed E-state index contributed by atoms with van der Waals surface area (Å²) in [5.41, 5.74) is 5.52. The Morgan fingerprint density at radius 3 is 0.610 bits per heavy atom. The van der Waals surface area contributed by atoms with E-state index < -0.39 is 6.23 Å². The van der Waals surface area contributed by atoms with Crippen molar-refractivity contribution in [3.63, 3.8) is 0 Å². The van der Waals surface area contributed by atoms with Crippen LogP contribution < -0.4 is 5.73 Å². The molecule has 21 nitrogen and oxygen atoms in total. The van der Waals surface area contributed by atoms with Crippen LogP contribution in [0, 0.1) is 0 Å². The minimum Gasteiger partial charge on any atom is -0.394 e. The van der Waals surface area contributed by atoms with Crippen LogP contribution in [0.4, 0.5) is 0 Å². The van der Waals surface area contributed by atoms with Crippen molar-refractivity contribution in [3.05, 3.63) is 0 Å². The molecule has 0 aromatic heterocycles. The van der Waals surface area contributed by atoms with Crippen molar-refractivity contribution in [2.45, 2.75) is 6.23 Å². The zero-order chi connectivity index (χ0) is 43.1. The van der Waals surface area contributed by atoms with E-state index in [-0.39, 0.29) is 13.2 Å². The highest BCUT2D eigenvalue weighted by molar-refractivity contribution is 4.43. The van der Waals surface area contributed by atoms with Gasteiger partial charge in [0, 0.05) is 14.2 Å². The van der Waals surface area contributed by atoms with Gasteiger partial charge in [-0.3, -0.25) is 0 Å². The maximum Gasteiger partial charge on any atom is 0.128 e. The van der Waals surface area contributed by atoms with Crippen molar-refractivity contribution in [1.82, 2.24) is 0 Å². The molecule has 0 saturated carbocycles. The normalized spacial score (nSPS) is 11.9. The lowest BCUT2D eigenvalue weighted by Crippen LogP contribution is -2.28. The van der Waals surface area contributed by atoms with E-state index in [1.807, 2.05) is 0 Å². The molecule has 0 saturated heterocycles. The molecule has 0 aromatic rings. The van der Waals surface area contributed by atoms with Crippen LogP contribution >= 0.6 is 0 Å². The third-order valence-electron chi connectivity index (χ3n) is 6.70. The average molecular weight is 872 g/mol. The minimum absolute atomic E-state index is 0.0290. The summed E-state index contributed by atoms with van der Waals surface area (Å²) in [6, 6.07) is 0. The molecule has 0 fully saturated rings. The first-order valence-electron chi connectivity index (χ1n) is 20.5. The predicted octanol–water partition coefficient (Wildman–Crippen LogP) is -1.20. The summed E-state index contributed by atoms with van der Waals surface area (Å²) in [7, 11) is 3.18. The van der Waals surface area contributed by atoms with Crippen LogP contribution in [0.25, 0.3) is 0 Å². The standard InChI is InChI=1S/C19H41NO10.C19H40O10/c1-22-19(20)18-30-17-16-29-15-14-28-13-12-27-11-10-26-9-8-25-7-6-24-5-4-23-3-2-21;1-21-4-5-23-8-9-25-12-13-27-16-17-29-19-18-28-15-14-26-11-10-24-7-6-22-3-2-20/h19,21H,2-18,20H2,1H3;20H,2-19H2,1H3. The Balaban J connectivity index is 0. The lowest BCUT2D eigenvalue weighted by atomic mass is 10.6. The molecule has 0 amide bonds. The van der Waals surface area contributed by atoms with Gasteiger partial charge in [0.2, 0.25) is 0 Å². The van der Waals surface area contributed by atoms with Crippen LogP contribution in [0.15, 0.2) is 0 Å². The molecule has 0 radical (unpaired) electrons. The van der Waals surface area contributed by atoms with E-state index in [1.54, 1.807) is 7.11 Å². The van der Waals surface area contributed by atoms with Crippen molar-refractivity contribution in [1.29, 1.82) is 0 Å². The first kappa shape index (κ1) is 60.2. The molecule has 0 spiro atoms. The molecule has 0 bridgehead atoms. The highest BCUT2D eigenvalue weighted by Gasteiger charge is 2.00. The SMILES string of the molecule is COC(N)COCCOCCOCCOCCOCCOCCOCCOCCO.COCCOCCOCCOCCOCCOCCOCCOCCOCCO. The van der Waals surface area contributed by atoms with Gasteiger partial charge >= 0.3 is 0 Å². The Labute approximate surface area is 352 Å². The molecular formula is C38H81NO20. The predicted molar refractivity (Wildman–Crippen MR) is 214 cm³/mol. The molecule has 358 valence electrons. The van der Waals surface area contributed by atoms with Gasteiger partial charge in [-0.1, -0.05) is 0 Å². The lowest BCUT2D eigenvalue weighted by Gasteiger charge is -2.10. The summed E-state index contributed by atoms with van der Waals surface area (Å²) in [4.78, 5) is 0. The van der Waals surface area contributed by atoms with E-state index in [9.17, 15) is 0 Å². The van der Waals surface area contributed by atoms with E-state index in [1.165, 1.54) is 7.11 Å². The summed E-state index contributed by atoms with van der Waals surface area (Å²) in [6.07, 6.45) is -0.396. The van der Waals surface area contributed by atoms with E-state index in [0.717, 1.165) is 0 Å². The smallest absolute Gasteiger partial charge is 0.128 e. The van der Waals surface area contributed by atoms with Gasteiger partial charge in [0.25, 0.3) is 0 Å². The molecule has 0 rings (SSSR count). The maximum absolute atomic E-state index is 8.53.